The van der Waals surface area contributed by atoms with Crippen molar-refractivity contribution in [2.24, 2.45) is 0 Å². The molecule has 2 heterocycles. The van der Waals surface area contributed by atoms with Gasteiger partial charge in [-0.2, -0.15) is 0 Å². The van der Waals surface area contributed by atoms with Crippen molar-refractivity contribution < 1.29 is 5.11 Å². The zero-order valence-electron chi connectivity index (χ0n) is 13.7. The van der Waals surface area contributed by atoms with Crippen LogP contribution in [0.15, 0.2) is 0 Å². The predicted octanol–water partition coefficient (Wildman–Crippen LogP) is 1.29. The first-order valence-corrected chi connectivity index (χ1v) is 8.31. The van der Waals surface area contributed by atoms with Gasteiger partial charge in [-0.1, -0.05) is 6.92 Å². The first kappa shape index (κ1) is 16.2. The van der Waals surface area contributed by atoms with Crippen LogP contribution in [0.3, 0.4) is 0 Å². The van der Waals surface area contributed by atoms with E-state index < -0.39 is 0 Å². The Hall–Kier alpha value is -0.160. The van der Waals surface area contributed by atoms with Gasteiger partial charge >= 0.3 is 0 Å². The predicted molar refractivity (Wildman–Crippen MR) is 84.0 cm³/mol. The van der Waals surface area contributed by atoms with E-state index in [2.05, 4.69) is 42.9 Å². The molecule has 0 aliphatic carbocycles. The number of aliphatic hydroxyl groups is 1. The smallest absolute Gasteiger partial charge is 0.0611 e. The van der Waals surface area contributed by atoms with Crippen LogP contribution >= 0.6 is 0 Å². The Morgan fingerprint density at radius 2 is 2.00 bits per heavy atom. The maximum Gasteiger partial charge on any atom is 0.0611 e. The molecule has 118 valence electrons. The number of fused-ring (bicyclic) bond motifs is 2. The van der Waals surface area contributed by atoms with E-state index in [9.17, 15) is 5.11 Å². The van der Waals surface area contributed by atoms with Crippen LogP contribution in [0.1, 0.15) is 46.5 Å². The standard InChI is InChI=1S/C16H33N3O/c1-5-17-16(3,12-20)10-13(2)19-9-8-14-6-7-15(11-19)18(14)4/h13-15,17,20H,5-12H2,1-4H3. The van der Waals surface area contributed by atoms with Gasteiger partial charge in [-0.3, -0.25) is 9.80 Å². The molecule has 2 aliphatic heterocycles. The van der Waals surface area contributed by atoms with Crippen molar-refractivity contribution in [1.82, 2.24) is 15.1 Å². The monoisotopic (exact) mass is 283 g/mol. The molecular formula is C16H33N3O. The van der Waals surface area contributed by atoms with Crippen LogP contribution in [0.25, 0.3) is 0 Å². The van der Waals surface area contributed by atoms with Gasteiger partial charge in [-0.05, 0) is 59.7 Å². The Morgan fingerprint density at radius 1 is 1.30 bits per heavy atom. The Labute approximate surface area is 124 Å². The van der Waals surface area contributed by atoms with Crippen molar-refractivity contribution in [3.8, 4) is 0 Å². The lowest BCUT2D eigenvalue weighted by Crippen LogP contribution is -2.51. The highest BCUT2D eigenvalue weighted by molar-refractivity contribution is 4.94. The minimum Gasteiger partial charge on any atom is -0.394 e. The molecule has 2 N–H and O–H groups in total. The minimum atomic E-state index is -0.147. The zero-order chi connectivity index (χ0) is 14.8. The number of aliphatic hydroxyl groups excluding tert-OH is 1. The number of nitrogens with zero attached hydrogens (tertiary/aromatic N) is 2. The van der Waals surface area contributed by atoms with E-state index in [1.54, 1.807) is 0 Å². The van der Waals surface area contributed by atoms with Gasteiger partial charge in [-0.25, -0.2) is 0 Å². The Balaban J connectivity index is 1.94. The first-order valence-electron chi connectivity index (χ1n) is 8.31. The lowest BCUT2D eigenvalue weighted by molar-refractivity contribution is 0.109. The van der Waals surface area contributed by atoms with Gasteiger partial charge in [0, 0.05) is 30.2 Å². The van der Waals surface area contributed by atoms with E-state index in [0.717, 1.165) is 25.0 Å². The SMILES string of the molecule is CCNC(C)(CO)CC(C)N1CCC2CCC(C1)N2C. The van der Waals surface area contributed by atoms with Gasteiger partial charge in [0.2, 0.25) is 0 Å². The number of likely N-dealkylation sites (tertiary alicyclic amines) is 1. The topological polar surface area (TPSA) is 38.7 Å². The maximum absolute atomic E-state index is 9.68. The largest absolute Gasteiger partial charge is 0.394 e. The quantitative estimate of drug-likeness (QED) is 0.770. The molecule has 4 heteroatoms. The number of rotatable bonds is 6. The molecule has 0 radical (unpaired) electrons. The average molecular weight is 283 g/mol. The summed E-state index contributed by atoms with van der Waals surface area (Å²) in [6.07, 6.45) is 5.05. The maximum atomic E-state index is 9.68. The van der Waals surface area contributed by atoms with Crippen LogP contribution in [-0.4, -0.2) is 71.9 Å². The van der Waals surface area contributed by atoms with Crippen LogP contribution in [-0.2, 0) is 0 Å². The summed E-state index contributed by atoms with van der Waals surface area (Å²) < 4.78 is 0. The molecule has 2 aliphatic rings. The van der Waals surface area contributed by atoms with E-state index >= 15 is 0 Å². The van der Waals surface area contributed by atoms with Gasteiger partial charge in [0.15, 0.2) is 0 Å². The molecule has 2 saturated heterocycles. The highest BCUT2D eigenvalue weighted by atomic mass is 16.3. The van der Waals surface area contributed by atoms with E-state index in [0.29, 0.717) is 6.04 Å². The van der Waals surface area contributed by atoms with Crippen molar-refractivity contribution in [3.63, 3.8) is 0 Å². The van der Waals surface area contributed by atoms with Crippen LogP contribution in [0.2, 0.25) is 0 Å². The molecule has 2 rings (SSSR count). The molecule has 2 fully saturated rings. The second kappa shape index (κ2) is 6.73. The third kappa shape index (κ3) is 3.53. The number of nitrogens with one attached hydrogen (secondary N) is 1. The molecule has 4 unspecified atom stereocenters. The van der Waals surface area contributed by atoms with E-state index in [-0.39, 0.29) is 12.1 Å². The minimum absolute atomic E-state index is 0.147. The van der Waals surface area contributed by atoms with E-state index in [4.69, 9.17) is 0 Å². The summed E-state index contributed by atoms with van der Waals surface area (Å²) in [4.78, 5) is 5.24. The number of hydrogen-bond acceptors (Lipinski definition) is 4. The summed E-state index contributed by atoms with van der Waals surface area (Å²) in [5, 5.41) is 13.1. The van der Waals surface area contributed by atoms with E-state index in [1.165, 1.54) is 32.4 Å². The molecule has 4 nitrogen and oxygen atoms in total. The van der Waals surface area contributed by atoms with Crippen molar-refractivity contribution >= 4 is 0 Å². The van der Waals surface area contributed by atoms with Gasteiger partial charge < -0.3 is 10.4 Å². The molecule has 0 spiro atoms. The number of hydrogen-bond donors (Lipinski definition) is 2. The fourth-order valence-corrected chi connectivity index (χ4v) is 4.14. The lowest BCUT2D eigenvalue weighted by atomic mass is 9.93. The summed E-state index contributed by atoms with van der Waals surface area (Å²) in [5.74, 6) is 0. The molecule has 0 aromatic carbocycles. The van der Waals surface area contributed by atoms with Gasteiger partial charge in [0.05, 0.1) is 6.61 Å². The summed E-state index contributed by atoms with van der Waals surface area (Å²) in [5.41, 5.74) is -0.147. The molecule has 0 aromatic heterocycles. The second-order valence-electron chi connectivity index (χ2n) is 7.14. The van der Waals surface area contributed by atoms with Gasteiger partial charge in [0.1, 0.15) is 0 Å². The van der Waals surface area contributed by atoms with Crippen LogP contribution < -0.4 is 5.32 Å². The third-order valence-corrected chi connectivity index (χ3v) is 5.50. The Kier molecular flexibility index (Phi) is 5.46. The Morgan fingerprint density at radius 3 is 2.65 bits per heavy atom. The summed E-state index contributed by atoms with van der Waals surface area (Å²) in [6.45, 7) is 10.1. The van der Waals surface area contributed by atoms with Crippen molar-refractivity contribution in [2.45, 2.75) is 70.1 Å². The molecule has 4 atom stereocenters. The highest BCUT2D eigenvalue weighted by Gasteiger charge is 2.37. The van der Waals surface area contributed by atoms with Crippen molar-refractivity contribution in [2.75, 3.05) is 33.3 Å². The highest BCUT2D eigenvalue weighted by Crippen LogP contribution is 2.30. The Bertz CT molecular complexity index is 312. The molecule has 20 heavy (non-hydrogen) atoms. The lowest BCUT2D eigenvalue weighted by Gasteiger charge is -2.37. The molecular weight excluding hydrogens is 250 g/mol. The van der Waals surface area contributed by atoms with Crippen molar-refractivity contribution in [3.05, 3.63) is 0 Å². The van der Waals surface area contributed by atoms with Crippen LogP contribution in [0, 0.1) is 0 Å². The summed E-state index contributed by atoms with van der Waals surface area (Å²) in [7, 11) is 2.30. The second-order valence-corrected chi connectivity index (χ2v) is 7.14. The molecule has 0 saturated carbocycles. The fraction of sp³-hybridized carbons (Fsp3) is 1.00. The van der Waals surface area contributed by atoms with Crippen molar-refractivity contribution in [1.29, 1.82) is 0 Å². The van der Waals surface area contributed by atoms with E-state index in [1.807, 2.05) is 0 Å². The summed E-state index contributed by atoms with van der Waals surface area (Å²) in [6, 6.07) is 2.07. The first-order chi connectivity index (χ1) is 9.49. The van der Waals surface area contributed by atoms with Crippen LogP contribution in [0.4, 0.5) is 0 Å². The third-order valence-electron chi connectivity index (χ3n) is 5.50. The molecule has 0 aromatic rings. The zero-order valence-corrected chi connectivity index (χ0v) is 13.7. The van der Waals surface area contributed by atoms with Gasteiger partial charge in [0.25, 0.3) is 0 Å². The normalized spacial score (nSPS) is 32.9. The summed E-state index contributed by atoms with van der Waals surface area (Å²) >= 11 is 0. The molecule has 2 bridgehead atoms. The van der Waals surface area contributed by atoms with Gasteiger partial charge in [-0.15, -0.1) is 0 Å². The molecule has 0 amide bonds. The number of likely N-dealkylation sites (N-methyl/N-ethyl adjacent to an activating group) is 2. The van der Waals surface area contributed by atoms with Crippen LogP contribution in [0.5, 0.6) is 0 Å². The average Bonchev–Trinajstić information content (AvgIpc) is 2.63. The fourth-order valence-electron chi connectivity index (χ4n) is 4.14.